The monoisotopic (exact) mass is 433 g/mol. The van der Waals surface area contributed by atoms with Crippen molar-refractivity contribution in [3.8, 4) is 10.4 Å². The lowest BCUT2D eigenvalue weighted by Crippen LogP contribution is -2.44. The van der Waals surface area contributed by atoms with Crippen LogP contribution >= 0.6 is 34.4 Å². The number of thiophene rings is 2. The van der Waals surface area contributed by atoms with Crippen molar-refractivity contribution in [2.45, 2.75) is 43.8 Å². The van der Waals surface area contributed by atoms with Crippen LogP contribution < -0.4 is 5.56 Å². The Bertz CT molecular complexity index is 1040. The molecule has 5 nitrogen and oxygen atoms in total. The highest BCUT2D eigenvalue weighted by atomic mass is 32.2. The molecule has 1 aliphatic rings. The zero-order chi connectivity index (χ0) is 19.7. The molecular weight excluding hydrogens is 410 g/mol. The number of hydrogen-bond acceptors (Lipinski definition) is 6. The molecule has 0 aromatic carbocycles. The first-order valence-corrected chi connectivity index (χ1v) is 12.3. The van der Waals surface area contributed by atoms with E-state index in [0.717, 1.165) is 41.1 Å². The molecule has 0 radical (unpaired) electrons. The van der Waals surface area contributed by atoms with E-state index in [0.29, 0.717) is 22.3 Å². The fourth-order valence-electron chi connectivity index (χ4n) is 3.76. The van der Waals surface area contributed by atoms with Gasteiger partial charge in [0.25, 0.3) is 5.56 Å². The fraction of sp³-hybridized carbons (Fsp3) is 0.450. The molecule has 4 rings (SSSR count). The third-order valence-corrected chi connectivity index (χ3v) is 8.09. The number of fused-ring (bicyclic) bond motifs is 1. The van der Waals surface area contributed by atoms with E-state index in [1.165, 1.54) is 29.5 Å². The molecule has 1 unspecified atom stereocenters. The molecule has 0 aliphatic carbocycles. The Morgan fingerprint density at radius 3 is 2.96 bits per heavy atom. The Balaban J connectivity index is 1.57. The molecule has 148 valence electrons. The number of thioether (sulfide) groups is 1. The topological polar surface area (TPSA) is 55.2 Å². The summed E-state index contributed by atoms with van der Waals surface area (Å²) in [5.74, 6) is 0.474. The maximum atomic E-state index is 13.0. The third-order valence-electron chi connectivity index (χ3n) is 5.30. The van der Waals surface area contributed by atoms with Gasteiger partial charge in [0, 0.05) is 35.5 Å². The van der Waals surface area contributed by atoms with Gasteiger partial charge in [-0.2, -0.15) is 0 Å². The number of likely N-dealkylation sites (tertiary alicyclic amines) is 1. The molecule has 3 aromatic rings. The van der Waals surface area contributed by atoms with Gasteiger partial charge in [-0.3, -0.25) is 14.2 Å². The van der Waals surface area contributed by atoms with E-state index in [4.69, 9.17) is 4.98 Å². The van der Waals surface area contributed by atoms with Gasteiger partial charge < -0.3 is 4.90 Å². The van der Waals surface area contributed by atoms with Gasteiger partial charge in [-0.1, -0.05) is 24.8 Å². The van der Waals surface area contributed by atoms with E-state index in [1.54, 1.807) is 23.0 Å². The number of piperidine rings is 1. The van der Waals surface area contributed by atoms with Crippen LogP contribution in [0.4, 0.5) is 0 Å². The second-order valence-electron chi connectivity index (χ2n) is 7.00. The summed E-state index contributed by atoms with van der Waals surface area (Å²) in [6, 6.07) is 4.36. The van der Waals surface area contributed by atoms with Crippen molar-refractivity contribution in [3.05, 3.63) is 33.2 Å². The second kappa shape index (κ2) is 8.39. The molecule has 0 spiro atoms. The molecule has 8 heteroatoms. The Labute approximate surface area is 176 Å². The summed E-state index contributed by atoms with van der Waals surface area (Å²) in [6.07, 6.45) is 4.37. The van der Waals surface area contributed by atoms with Crippen molar-refractivity contribution < 1.29 is 4.79 Å². The van der Waals surface area contributed by atoms with Crippen LogP contribution in [0.5, 0.6) is 0 Å². The molecule has 0 N–H and O–H groups in total. The average molecular weight is 434 g/mol. The van der Waals surface area contributed by atoms with E-state index in [9.17, 15) is 9.59 Å². The summed E-state index contributed by atoms with van der Waals surface area (Å²) in [6.45, 7) is 2.99. The lowest BCUT2D eigenvalue weighted by atomic mass is 10.0. The molecular formula is C20H23N3O2S3. The van der Waals surface area contributed by atoms with Gasteiger partial charge >= 0.3 is 0 Å². The summed E-state index contributed by atoms with van der Waals surface area (Å²) in [7, 11) is 1.74. The van der Waals surface area contributed by atoms with Crippen LogP contribution in [-0.4, -0.2) is 38.7 Å². The number of aromatic nitrogens is 2. The second-order valence-corrected chi connectivity index (χ2v) is 9.75. The van der Waals surface area contributed by atoms with Crippen molar-refractivity contribution in [1.82, 2.24) is 14.5 Å². The van der Waals surface area contributed by atoms with Crippen molar-refractivity contribution in [1.29, 1.82) is 0 Å². The van der Waals surface area contributed by atoms with Crippen LogP contribution in [0, 0.1) is 0 Å². The summed E-state index contributed by atoms with van der Waals surface area (Å²) in [5, 5.41) is 5.30. The van der Waals surface area contributed by atoms with Gasteiger partial charge in [-0.15, -0.1) is 22.7 Å². The van der Waals surface area contributed by atoms with Gasteiger partial charge in [-0.05, 0) is 37.1 Å². The summed E-state index contributed by atoms with van der Waals surface area (Å²) >= 11 is 4.48. The first-order chi connectivity index (χ1) is 13.6. The zero-order valence-electron chi connectivity index (χ0n) is 16.0. The third kappa shape index (κ3) is 3.65. The van der Waals surface area contributed by atoms with Crippen molar-refractivity contribution in [2.24, 2.45) is 7.05 Å². The van der Waals surface area contributed by atoms with E-state index in [1.807, 2.05) is 27.8 Å². The number of nitrogens with zero attached hydrogens (tertiary/aromatic N) is 3. The van der Waals surface area contributed by atoms with Gasteiger partial charge in [0.2, 0.25) is 5.91 Å². The smallest absolute Gasteiger partial charge is 0.263 e. The van der Waals surface area contributed by atoms with Crippen molar-refractivity contribution in [2.75, 3.05) is 12.3 Å². The molecule has 1 aliphatic heterocycles. The molecule has 0 bridgehead atoms. The number of rotatable bonds is 5. The number of carbonyl (C=O) groups is 1. The Hall–Kier alpha value is -1.64. The lowest BCUT2D eigenvalue weighted by Gasteiger charge is -2.35. The first kappa shape index (κ1) is 19.7. The minimum Gasteiger partial charge on any atom is -0.339 e. The normalized spacial score (nSPS) is 17.4. The van der Waals surface area contributed by atoms with E-state index in [-0.39, 0.29) is 11.5 Å². The van der Waals surface area contributed by atoms with Crippen molar-refractivity contribution >= 4 is 50.6 Å². The lowest BCUT2D eigenvalue weighted by molar-refractivity contribution is -0.132. The Morgan fingerprint density at radius 1 is 1.36 bits per heavy atom. The van der Waals surface area contributed by atoms with Gasteiger partial charge in [0.05, 0.1) is 11.1 Å². The summed E-state index contributed by atoms with van der Waals surface area (Å²) in [5.41, 5.74) is 0.906. The van der Waals surface area contributed by atoms with E-state index >= 15 is 0 Å². The standard InChI is InChI=1S/C20H23N3O2S3/c1-3-13-7-4-5-9-23(13)16(24)12-28-20-21-18-17(19(25)22(20)2)14(11-27-18)15-8-6-10-26-15/h6,8,10-11,13H,3-5,7,9,12H2,1-2H3. The van der Waals surface area contributed by atoms with Crippen molar-refractivity contribution in [3.63, 3.8) is 0 Å². The van der Waals surface area contributed by atoms with Gasteiger partial charge in [0.1, 0.15) is 4.83 Å². The molecule has 1 amide bonds. The highest BCUT2D eigenvalue weighted by Gasteiger charge is 2.25. The van der Waals surface area contributed by atoms with Crippen LogP contribution in [0.3, 0.4) is 0 Å². The quantitative estimate of drug-likeness (QED) is 0.436. The molecule has 1 atom stereocenters. The molecule has 1 saturated heterocycles. The predicted molar refractivity (Wildman–Crippen MR) is 119 cm³/mol. The molecule has 3 aromatic heterocycles. The summed E-state index contributed by atoms with van der Waals surface area (Å²) in [4.78, 5) is 34.3. The first-order valence-electron chi connectivity index (χ1n) is 9.54. The van der Waals surface area contributed by atoms with E-state index < -0.39 is 0 Å². The molecule has 0 saturated carbocycles. The highest BCUT2D eigenvalue weighted by Crippen LogP contribution is 2.34. The van der Waals surface area contributed by atoms with Crippen LogP contribution in [0.2, 0.25) is 0 Å². The van der Waals surface area contributed by atoms with Crippen LogP contribution in [-0.2, 0) is 11.8 Å². The average Bonchev–Trinajstić information content (AvgIpc) is 3.38. The SMILES string of the molecule is CCC1CCCCN1C(=O)CSc1nc2scc(-c3cccs3)c2c(=O)n1C. The Morgan fingerprint density at radius 2 is 2.21 bits per heavy atom. The molecule has 1 fully saturated rings. The number of amides is 1. The molecule has 4 heterocycles. The largest absolute Gasteiger partial charge is 0.339 e. The highest BCUT2D eigenvalue weighted by molar-refractivity contribution is 7.99. The minimum absolute atomic E-state index is 0.0472. The van der Waals surface area contributed by atoms with Crippen LogP contribution in [0.25, 0.3) is 20.7 Å². The molecule has 28 heavy (non-hydrogen) atoms. The zero-order valence-corrected chi connectivity index (χ0v) is 18.5. The number of hydrogen-bond donors (Lipinski definition) is 0. The Kier molecular flexibility index (Phi) is 5.89. The maximum Gasteiger partial charge on any atom is 0.263 e. The maximum absolute atomic E-state index is 13.0. The summed E-state index contributed by atoms with van der Waals surface area (Å²) < 4.78 is 1.58. The van der Waals surface area contributed by atoms with Gasteiger partial charge in [0.15, 0.2) is 5.16 Å². The fourth-order valence-corrected chi connectivity index (χ4v) is 6.42. The number of carbonyl (C=O) groups excluding carboxylic acids is 1. The van der Waals surface area contributed by atoms with Crippen LogP contribution in [0.1, 0.15) is 32.6 Å². The van der Waals surface area contributed by atoms with E-state index in [2.05, 4.69) is 6.92 Å². The van der Waals surface area contributed by atoms with Gasteiger partial charge in [-0.25, -0.2) is 4.98 Å². The van der Waals surface area contributed by atoms with Crippen LogP contribution in [0.15, 0.2) is 32.8 Å². The minimum atomic E-state index is -0.0472. The predicted octanol–water partition coefficient (Wildman–Crippen LogP) is 4.61.